The Kier molecular flexibility index (Phi) is 2.24. The number of halogens is 2. The summed E-state index contributed by atoms with van der Waals surface area (Å²) in [5.41, 5.74) is 5.41. The molecule has 0 aliphatic rings. The van der Waals surface area contributed by atoms with Gasteiger partial charge in [-0.2, -0.15) is 5.26 Å². The summed E-state index contributed by atoms with van der Waals surface area (Å²) < 4.78 is 24.2. The first-order valence-electron chi connectivity index (χ1n) is 3.22. The van der Waals surface area contributed by atoms with Crippen molar-refractivity contribution in [2.45, 2.75) is 6.43 Å². The van der Waals surface area contributed by atoms with Gasteiger partial charge in [0.25, 0.3) is 6.43 Å². The zero-order valence-corrected chi connectivity index (χ0v) is 6.09. The number of nitrogens with zero attached hydrogens (tertiary/aromatic N) is 1. The van der Waals surface area contributed by atoms with Gasteiger partial charge in [-0.25, -0.2) is 8.78 Å². The van der Waals surface area contributed by atoms with Crippen LogP contribution in [0.4, 0.5) is 14.5 Å². The van der Waals surface area contributed by atoms with Crippen LogP contribution in [0.1, 0.15) is 17.6 Å². The van der Waals surface area contributed by atoms with Gasteiger partial charge in [0, 0.05) is 11.3 Å². The zero-order valence-electron chi connectivity index (χ0n) is 6.09. The van der Waals surface area contributed by atoms with Crippen LogP contribution < -0.4 is 5.73 Å². The summed E-state index contributed by atoms with van der Waals surface area (Å²) in [6, 6.07) is 5.39. The van der Waals surface area contributed by atoms with E-state index >= 15 is 0 Å². The summed E-state index contributed by atoms with van der Waals surface area (Å²) in [6.07, 6.45) is -2.58. The summed E-state index contributed by atoms with van der Waals surface area (Å²) in [4.78, 5) is 0. The molecule has 0 aliphatic heterocycles. The monoisotopic (exact) mass is 168 g/mol. The number of nitriles is 1. The molecule has 0 saturated heterocycles. The average Bonchev–Trinajstić information content (AvgIpc) is 2.03. The fourth-order valence-corrected chi connectivity index (χ4v) is 0.867. The molecule has 12 heavy (non-hydrogen) atoms. The number of nitrogens with two attached hydrogens (primary N) is 1. The van der Waals surface area contributed by atoms with Crippen LogP contribution >= 0.6 is 0 Å². The maximum atomic E-state index is 12.1. The number of benzene rings is 1. The van der Waals surface area contributed by atoms with E-state index in [1.807, 2.05) is 0 Å². The van der Waals surface area contributed by atoms with E-state index in [1.54, 1.807) is 6.07 Å². The first-order chi connectivity index (χ1) is 5.63. The third-order valence-corrected chi connectivity index (χ3v) is 1.36. The molecule has 0 aromatic heterocycles. The summed E-state index contributed by atoms with van der Waals surface area (Å²) in [5, 5.41) is 8.42. The van der Waals surface area contributed by atoms with Crippen LogP contribution in [0.25, 0.3) is 0 Å². The number of hydrogen-bond acceptors (Lipinski definition) is 2. The van der Waals surface area contributed by atoms with Gasteiger partial charge in [0.1, 0.15) is 0 Å². The van der Waals surface area contributed by atoms with Crippen molar-refractivity contribution in [3.63, 3.8) is 0 Å². The lowest BCUT2D eigenvalue weighted by Gasteiger charge is -2.01. The van der Waals surface area contributed by atoms with Gasteiger partial charge in [-0.3, -0.25) is 0 Å². The first-order valence-corrected chi connectivity index (χ1v) is 3.22. The quantitative estimate of drug-likeness (QED) is 0.652. The van der Waals surface area contributed by atoms with E-state index in [9.17, 15) is 8.78 Å². The highest BCUT2D eigenvalue weighted by atomic mass is 19.3. The van der Waals surface area contributed by atoms with Gasteiger partial charge < -0.3 is 5.73 Å². The van der Waals surface area contributed by atoms with Gasteiger partial charge in [-0.15, -0.1) is 0 Å². The predicted molar refractivity (Wildman–Crippen MR) is 40.5 cm³/mol. The van der Waals surface area contributed by atoms with Gasteiger partial charge >= 0.3 is 0 Å². The smallest absolute Gasteiger partial charge is 0.263 e. The van der Waals surface area contributed by atoms with Crippen LogP contribution in [0.5, 0.6) is 0 Å². The molecule has 2 N–H and O–H groups in total. The van der Waals surface area contributed by atoms with Gasteiger partial charge in [-0.1, -0.05) is 0 Å². The molecule has 1 rings (SSSR count). The largest absolute Gasteiger partial charge is 0.399 e. The van der Waals surface area contributed by atoms with Crippen LogP contribution in [0, 0.1) is 11.3 Å². The molecule has 0 aliphatic carbocycles. The molecule has 0 fully saturated rings. The molecule has 0 atom stereocenters. The van der Waals surface area contributed by atoms with E-state index in [1.165, 1.54) is 6.07 Å². The van der Waals surface area contributed by atoms with Crippen molar-refractivity contribution in [3.8, 4) is 6.07 Å². The van der Waals surface area contributed by atoms with E-state index in [-0.39, 0.29) is 16.8 Å². The molecule has 0 heterocycles. The minimum Gasteiger partial charge on any atom is -0.399 e. The van der Waals surface area contributed by atoms with Crippen molar-refractivity contribution in [2.24, 2.45) is 0 Å². The average molecular weight is 168 g/mol. The van der Waals surface area contributed by atoms with E-state index in [0.29, 0.717) is 0 Å². The maximum absolute atomic E-state index is 12.1. The van der Waals surface area contributed by atoms with Gasteiger partial charge in [0.15, 0.2) is 0 Å². The van der Waals surface area contributed by atoms with Crippen LogP contribution in [0.3, 0.4) is 0 Å². The molecule has 1 aromatic rings. The lowest BCUT2D eigenvalue weighted by Crippen LogP contribution is -1.91. The third kappa shape index (κ3) is 1.70. The molecule has 0 amide bonds. The Bertz CT molecular complexity index is 328. The standard InChI is InChI=1S/C8H6F2N2/c9-8(10)6-1-5(4-11)2-7(12)3-6/h1-3,8H,12H2. The number of hydrogen-bond donors (Lipinski definition) is 1. The van der Waals surface area contributed by atoms with Gasteiger partial charge in [0.2, 0.25) is 0 Å². The summed E-state index contributed by atoms with van der Waals surface area (Å²) in [5.74, 6) is 0. The van der Waals surface area contributed by atoms with E-state index in [2.05, 4.69) is 0 Å². The third-order valence-electron chi connectivity index (χ3n) is 1.36. The maximum Gasteiger partial charge on any atom is 0.263 e. The van der Waals surface area contributed by atoms with Crippen molar-refractivity contribution in [2.75, 3.05) is 5.73 Å². The molecule has 0 unspecified atom stereocenters. The molecule has 0 radical (unpaired) electrons. The number of rotatable bonds is 1. The second-order valence-electron chi connectivity index (χ2n) is 2.30. The van der Waals surface area contributed by atoms with Gasteiger partial charge in [-0.05, 0) is 18.2 Å². The summed E-state index contributed by atoms with van der Waals surface area (Å²) in [7, 11) is 0. The number of alkyl halides is 2. The minimum atomic E-state index is -2.58. The Morgan fingerprint density at radius 1 is 1.33 bits per heavy atom. The van der Waals surface area contributed by atoms with Crippen LogP contribution in [0.2, 0.25) is 0 Å². The van der Waals surface area contributed by atoms with Gasteiger partial charge in [0.05, 0.1) is 11.6 Å². The van der Waals surface area contributed by atoms with Crippen LogP contribution in [-0.2, 0) is 0 Å². The fraction of sp³-hybridized carbons (Fsp3) is 0.125. The van der Waals surface area contributed by atoms with Crippen LogP contribution in [-0.4, -0.2) is 0 Å². The lowest BCUT2D eigenvalue weighted by atomic mass is 10.1. The topological polar surface area (TPSA) is 49.8 Å². The van der Waals surface area contributed by atoms with Crippen molar-refractivity contribution in [3.05, 3.63) is 29.3 Å². The first kappa shape index (κ1) is 8.47. The van der Waals surface area contributed by atoms with Crippen molar-refractivity contribution >= 4 is 5.69 Å². The highest BCUT2D eigenvalue weighted by molar-refractivity contribution is 5.48. The molecule has 1 aromatic carbocycles. The second kappa shape index (κ2) is 3.18. The summed E-state index contributed by atoms with van der Waals surface area (Å²) >= 11 is 0. The lowest BCUT2D eigenvalue weighted by molar-refractivity contribution is 0.151. The van der Waals surface area contributed by atoms with E-state index in [0.717, 1.165) is 12.1 Å². The predicted octanol–water partition coefficient (Wildman–Crippen LogP) is 2.08. The Labute approximate surface area is 68.2 Å². The highest BCUT2D eigenvalue weighted by Gasteiger charge is 2.08. The summed E-state index contributed by atoms with van der Waals surface area (Å²) in [6.45, 7) is 0. The molecule has 0 saturated carbocycles. The van der Waals surface area contributed by atoms with Crippen LogP contribution in [0.15, 0.2) is 18.2 Å². The normalized spacial score (nSPS) is 9.83. The highest BCUT2D eigenvalue weighted by Crippen LogP contribution is 2.22. The van der Waals surface area contributed by atoms with E-state index in [4.69, 9.17) is 11.0 Å². The molecule has 0 bridgehead atoms. The van der Waals surface area contributed by atoms with Crippen molar-refractivity contribution < 1.29 is 8.78 Å². The molecular weight excluding hydrogens is 162 g/mol. The molecule has 0 spiro atoms. The van der Waals surface area contributed by atoms with E-state index < -0.39 is 6.43 Å². The fourth-order valence-electron chi connectivity index (χ4n) is 0.867. The SMILES string of the molecule is N#Cc1cc(N)cc(C(F)F)c1. The molecule has 62 valence electrons. The molecule has 4 heteroatoms. The molecule has 2 nitrogen and oxygen atoms in total. The Hall–Kier alpha value is -1.63. The van der Waals surface area contributed by atoms with Crippen molar-refractivity contribution in [1.82, 2.24) is 0 Å². The number of nitrogen functional groups attached to an aromatic ring is 1. The Balaban J connectivity index is 3.17. The van der Waals surface area contributed by atoms with Crippen molar-refractivity contribution in [1.29, 1.82) is 5.26 Å². The molecular formula is C8H6F2N2. The number of anilines is 1. The zero-order chi connectivity index (χ0) is 9.14. The Morgan fingerprint density at radius 3 is 2.50 bits per heavy atom. The Morgan fingerprint density at radius 2 is 2.00 bits per heavy atom. The second-order valence-corrected chi connectivity index (χ2v) is 2.30. The minimum absolute atomic E-state index is 0.158.